The van der Waals surface area contributed by atoms with E-state index < -0.39 is 0 Å². The molecular formula is C15H21N3O3. The molecule has 21 heavy (non-hydrogen) atoms. The number of hydrogen-bond acceptors (Lipinski definition) is 4. The van der Waals surface area contributed by atoms with Gasteiger partial charge in [0.05, 0.1) is 24.4 Å². The van der Waals surface area contributed by atoms with Gasteiger partial charge in [0.15, 0.2) is 5.75 Å². The van der Waals surface area contributed by atoms with Crippen molar-refractivity contribution in [3.05, 3.63) is 23.8 Å². The number of amides is 2. The molecular weight excluding hydrogens is 270 g/mol. The number of hydrogen-bond donors (Lipinski definition) is 2. The zero-order valence-corrected chi connectivity index (χ0v) is 12.4. The molecule has 0 saturated heterocycles. The Kier molecular flexibility index (Phi) is 4.67. The van der Waals surface area contributed by atoms with Crippen LogP contribution in [0.3, 0.4) is 0 Å². The first kappa shape index (κ1) is 15.2. The Labute approximate surface area is 124 Å². The average Bonchev–Trinajstić information content (AvgIpc) is 3.24. The van der Waals surface area contributed by atoms with E-state index in [-0.39, 0.29) is 24.4 Å². The molecule has 114 valence electrons. The van der Waals surface area contributed by atoms with E-state index in [4.69, 9.17) is 10.5 Å². The van der Waals surface area contributed by atoms with Crippen molar-refractivity contribution in [2.75, 3.05) is 25.9 Å². The Morgan fingerprint density at radius 3 is 2.76 bits per heavy atom. The van der Waals surface area contributed by atoms with Gasteiger partial charge in [-0.2, -0.15) is 0 Å². The molecule has 1 aliphatic rings. The lowest BCUT2D eigenvalue weighted by Gasteiger charge is -2.19. The highest BCUT2D eigenvalue weighted by molar-refractivity contribution is 6.00. The number of nitrogen functional groups attached to an aromatic ring is 1. The summed E-state index contributed by atoms with van der Waals surface area (Å²) in [6, 6.07) is 5.32. The monoisotopic (exact) mass is 291 g/mol. The summed E-state index contributed by atoms with van der Waals surface area (Å²) in [5.74, 6) is -0.0497. The Hall–Kier alpha value is -2.24. The molecule has 1 fully saturated rings. The highest BCUT2D eigenvalue weighted by Crippen LogP contribution is 2.27. The number of nitrogens with one attached hydrogen (secondary N) is 1. The summed E-state index contributed by atoms with van der Waals surface area (Å²) in [7, 11) is 1.59. The molecule has 1 aliphatic carbocycles. The summed E-state index contributed by atoms with van der Waals surface area (Å²) in [5, 5.41) is 2.85. The van der Waals surface area contributed by atoms with Crippen LogP contribution in [-0.2, 0) is 4.79 Å². The molecule has 1 saturated carbocycles. The lowest BCUT2D eigenvalue weighted by atomic mass is 10.1. The molecule has 2 rings (SSSR count). The van der Waals surface area contributed by atoms with Gasteiger partial charge in [-0.25, -0.2) is 0 Å². The van der Waals surface area contributed by atoms with E-state index in [0.717, 1.165) is 12.8 Å². The minimum atomic E-state index is -0.281. The van der Waals surface area contributed by atoms with E-state index in [1.165, 1.54) is 4.90 Å². The van der Waals surface area contributed by atoms with Gasteiger partial charge < -0.3 is 20.7 Å². The molecule has 0 spiro atoms. The minimum absolute atomic E-state index is 0.0235. The molecule has 2 amide bonds. The number of carbonyl (C=O) groups excluding carboxylic acids is 2. The number of nitrogens with two attached hydrogens (primary N) is 1. The molecule has 6 nitrogen and oxygen atoms in total. The lowest BCUT2D eigenvalue weighted by molar-refractivity contribution is -0.121. The van der Waals surface area contributed by atoms with Gasteiger partial charge in [-0.05, 0) is 31.9 Å². The maximum Gasteiger partial charge on any atom is 0.257 e. The lowest BCUT2D eigenvalue weighted by Crippen LogP contribution is -2.39. The number of ether oxygens (including phenoxy) is 1. The van der Waals surface area contributed by atoms with Crippen molar-refractivity contribution >= 4 is 17.5 Å². The van der Waals surface area contributed by atoms with Crippen LogP contribution in [0.4, 0.5) is 5.69 Å². The number of anilines is 1. The largest absolute Gasteiger partial charge is 0.491 e. The number of para-hydroxylation sites is 1. The summed E-state index contributed by atoms with van der Waals surface area (Å²) in [6.07, 6.45) is 2.04. The maximum atomic E-state index is 12.4. The predicted octanol–water partition coefficient (Wildman–Crippen LogP) is 1.02. The molecule has 3 N–H and O–H groups in total. The van der Waals surface area contributed by atoms with Gasteiger partial charge in [-0.1, -0.05) is 6.07 Å². The van der Waals surface area contributed by atoms with Gasteiger partial charge >= 0.3 is 0 Å². The van der Waals surface area contributed by atoms with Crippen molar-refractivity contribution in [2.24, 2.45) is 0 Å². The van der Waals surface area contributed by atoms with E-state index in [9.17, 15) is 9.59 Å². The van der Waals surface area contributed by atoms with Crippen LogP contribution in [0.1, 0.15) is 30.1 Å². The maximum absolute atomic E-state index is 12.4. The number of rotatable bonds is 6. The second kappa shape index (κ2) is 6.47. The van der Waals surface area contributed by atoms with Gasteiger partial charge in [-0.3, -0.25) is 9.59 Å². The third kappa shape index (κ3) is 3.87. The minimum Gasteiger partial charge on any atom is -0.491 e. The van der Waals surface area contributed by atoms with Crippen molar-refractivity contribution in [3.8, 4) is 5.75 Å². The summed E-state index contributed by atoms with van der Waals surface area (Å²) >= 11 is 0. The van der Waals surface area contributed by atoms with E-state index >= 15 is 0 Å². The predicted molar refractivity (Wildman–Crippen MR) is 80.1 cm³/mol. The van der Waals surface area contributed by atoms with Crippen molar-refractivity contribution in [3.63, 3.8) is 0 Å². The highest BCUT2D eigenvalue weighted by atomic mass is 16.5. The number of likely N-dealkylation sites (N-methyl/N-ethyl adjacent to an activating group) is 1. The van der Waals surface area contributed by atoms with E-state index in [2.05, 4.69) is 5.32 Å². The molecule has 6 heteroatoms. The molecule has 1 aromatic carbocycles. The van der Waals surface area contributed by atoms with Crippen LogP contribution in [0.2, 0.25) is 0 Å². The molecule has 0 heterocycles. The Morgan fingerprint density at radius 2 is 2.14 bits per heavy atom. The smallest absolute Gasteiger partial charge is 0.257 e. The Balaban J connectivity index is 2.07. The standard InChI is InChI=1S/C15H21N3O3/c1-3-21-14-11(5-4-6-12(14)16)15(20)18(2)9-13(19)17-10-7-8-10/h4-6,10H,3,7-9,16H2,1-2H3,(H,17,19). The topological polar surface area (TPSA) is 84.7 Å². The van der Waals surface area contributed by atoms with Crippen LogP contribution in [0, 0.1) is 0 Å². The second-order valence-electron chi connectivity index (χ2n) is 5.16. The number of benzene rings is 1. The molecule has 0 aliphatic heterocycles. The Bertz CT molecular complexity index is 541. The van der Waals surface area contributed by atoms with E-state index in [1.54, 1.807) is 25.2 Å². The first-order valence-corrected chi connectivity index (χ1v) is 7.09. The molecule has 0 unspecified atom stereocenters. The summed E-state index contributed by atoms with van der Waals surface area (Å²) in [5.41, 5.74) is 6.63. The zero-order valence-electron chi connectivity index (χ0n) is 12.4. The van der Waals surface area contributed by atoms with E-state index in [0.29, 0.717) is 23.6 Å². The summed E-state index contributed by atoms with van der Waals surface area (Å²) in [4.78, 5) is 25.6. The first-order chi connectivity index (χ1) is 10.0. The second-order valence-corrected chi connectivity index (χ2v) is 5.16. The summed E-state index contributed by atoms with van der Waals surface area (Å²) in [6.45, 7) is 2.27. The fourth-order valence-electron chi connectivity index (χ4n) is 2.02. The normalized spacial score (nSPS) is 13.6. The molecule has 1 aromatic rings. The molecule has 0 aromatic heterocycles. The number of carbonyl (C=O) groups is 2. The summed E-state index contributed by atoms with van der Waals surface area (Å²) < 4.78 is 5.45. The average molecular weight is 291 g/mol. The zero-order chi connectivity index (χ0) is 15.4. The highest BCUT2D eigenvalue weighted by Gasteiger charge is 2.25. The first-order valence-electron chi connectivity index (χ1n) is 7.09. The number of nitrogens with zero attached hydrogens (tertiary/aromatic N) is 1. The quantitative estimate of drug-likeness (QED) is 0.766. The van der Waals surface area contributed by atoms with Crippen molar-refractivity contribution < 1.29 is 14.3 Å². The van der Waals surface area contributed by atoms with Gasteiger partial charge in [0.25, 0.3) is 5.91 Å². The van der Waals surface area contributed by atoms with Crippen LogP contribution >= 0.6 is 0 Å². The van der Waals surface area contributed by atoms with Crippen molar-refractivity contribution in [2.45, 2.75) is 25.8 Å². The fraction of sp³-hybridized carbons (Fsp3) is 0.467. The third-order valence-electron chi connectivity index (χ3n) is 3.23. The van der Waals surface area contributed by atoms with Gasteiger partial charge in [0.1, 0.15) is 0 Å². The van der Waals surface area contributed by atoms with Crippen LogP contribution in [0.5, 0.6) is 5.75 Å². The van der Waals surface area contributed by atoms with Crippen LogP contribution in [0.15, 0.2) is 18.2 Å². The van der Waals surface area contributed by atoms with Gasteiger partial charge in [0.2, 0.25) is 5.91 Å². The van der Waals surface area contributed by atoms with Crippen molar-refractivity contribution in [1.82, 2.24) is 10.2 Å². The van der Waals surface area contributed by atoms with Crippen LogP contribution in [0.25, 0.3) is 0 Å². The van der Waals surface area contributed by atoms with Gasteiger partial charge in [0, 0.05) is 13.1 Å². The molecule has 0 atom stereocenters. The van der Waals surface area contributed by atoms with E-state index in [1.807, 2.05) is 6.92 Å². The van der Waals surface area contributed by atoms with Gasteiger partial charge in [-0.15, -0.1) is 0 Å². The van der Waals surface area contributed by atoms with Crippen molar-refractivity contribution in [1.29, 1.82) is 0 Å². The molecule has 0 bridgehead atoms. The SMILES string of the molecule is CCOc1c(N)cccc1C(=O)N(C)CC(=O)NC1CC1. The third-order valence-corrected chi connectivity index (χ3v) is 3.23. The van der Waals surface area contributed by atoms with Crippen LogP contribution < -0.4 is 15.8 Å². The molecule has 0 radical (unpaired) electrons. The Morgan fingerprint density at radius 1 is 1.43 bits per heavy atom. The van der Waals surface area contributed by atoms with Crippen LogP contribution in [-0.4, -0.2) is 43.0 Å². The fourth-order valence-corrected chi connectivity index (χ4v) is 2.02.